The van der Waals surface area contributed by atoms with Crippen LogP contribution in [0.1, 0.15) is 25.3 Å². The Kier molecular flexibility index (Phi) is 10.2. The minimum Gasteiger partial charge on any atom is -0.497 e. The van der Waals surface area contributed by atoms with E-state index in [1.807, 2.05) is 30.0 Å². The van der Waals surface area contributed by atoms with E-state index in [2.05, 4.69) is 15.6 Å². The molecule has 0 radical (unpaired) electrons. The average Bonchev–Trinajstić information content (AvgIpc) is 3.18. The van der Waals surface area contributed by atoms with E-state index < -0.39 is 0 Å². The number of nitrogens with one attached hydrogen (secondary N) is 2. The Bertz CT molecular complexity index is 604. The first-order valence-electron chi connectivity index (χ1n) is 8.68. The van der Waals surface area contributed by atoms with Crippen molar-refractivity contribution >= 4 is 35.8 Å². The summed E-state index contributed by atoms with van der Waals surface area (Å²) < 4.78 is 10.6. The molecule has 0 atom stereocenters. The predicted octanol–water partition coefficient (Wildman–Crippen LogP) is 2.00. The molecule has 1 saturated heterocycles. The van der Waals surface area contributed by atoms with Crippen molar-refractivity contribution in [2.45, 2.75) is 26.3 Å². The van der Waals surface area contributed by atoms with E-state index in [-0.39, 0.29) is 36.4 Å². The minimum absolute atomic E-state index is 0. The minimum atomic E-state index is 0. The van der Waals surface area contributed by atoms with Gasteiger partial charge in [0, 0.05) is 31.3 Å². The number of ether oxygens (including phenoxy) is 2. The normalized spacial score (nSPS) is 13.8. The molecule has 0 bridgehead atoms. The number of aliphatic imine (C=N–C) groups is 1. The maximum absolute atomic E-state index is 12.1. The first kappa shape index (κ1) is 22.3. The van der Waals surface area contributed by atoms with E-state index in [0.29, 0.717) is 12.5 Å². The van der Waals surface area contributed by atoms with Gasteiger partial charge < -0.3 is 25.0 Å². The van der Waals surface area contributed by atoms with Crippen molar-refractivity contribution < 1.29 is 14.3 Å². The second-order valence-electron chi connectivity index (χ2n) is 5.81. The van der Waals surface area contributed by atoms with Crippen LogP contribution in [0.2, 0.25) is 0 Å². The molecule has 146 valence electrons. The zero-order valence-electron chi connectivity index (χ0n) is 15.7. The van der Waals surface area contributed by atoms with Crippen LogP contribution < -0.4 is 20.1 Å². The standard InChI is InChI=1S/C18H28N4O3.HI/c1-4-19-18(21-13-17(23)22-9-5-6-10-22)20-12-14-7-8-15(24-2)11-16(14)25-3;/h7-8,11H,4-6,9-10,12-13H2,1-3H3,(H2,19,20,21);1H. The van der Waals surface area contributed by atoms with Gasteiger partial charge in [-0.3, -0.25) is 4.79 Å². The molecular weight excluding hydrogens is 447 g/mol. The molecule has 1 aliphatic rings. The Hall–Kier alpha value is -1.71. The van der Waals surface area contributed by atoms with E-state index in [9.17, 15) is 4.79 Å². The number of methoxy groups -OCH3 is 2. The number of hydrogen-bond donors (Lipinski definition) is 2. The van der Waals surface area contributed by atoms with Crippen LogP contribution in [0.25, 0.3) is 0 Å². The van der Waals surface area contributed by atoms with Crippen LogP contribution in [0.4, 0.5) is 0 Å². The summed E-state index contributed by atoms with van der Waals surface area (Å²) in [6.45, 7) is 5.14. The summed E-state index contributed by atoms with van der Waals surface area (Å²) in [6, 6.07) is 5.65. The van der Waals surface area contributed by atoms with Gasteiger partial charge in [-0.1, -0.05) is 0 Å². The number of rotatable bonds is 7. The first-order chi connectivity index (χ1) is 12.2. The van der Waals surface area contributed by atoms with Crippen molar-refractivity contribution in [2.75, 3.05) is 40.4 Å². The summed E-state index contributed by atoms with van der Waals surface area (Å²) in [4.78, 5) is 18.6. The van der Waals surface area contributed by atoms with Crippen LogP contribution in [0.15, 0.2) is 23.2 Å². The zero-order chi connectivity index (χ0) is 18.1. The molecule has 0 unspecified atom stereocenters. The van der Waals surface area contributed by atoms with Gasteiger partial charge in [-0.2, -0.15) is 0 Å². The van der Waals surface area contributed by atoms with Crippen LogP contribution >= 0.6 is 24.0 Å². The van der Waals surface area contributed by atoms with Crippen molar-refractivity contribution in [1.29, 1.82) is 0 Å². The summed E-state index contributed by atoms with van der Waals surface area (Å²) in [7, 11) is 3.25. The third-order valence-corrected chi connectivity index (χ3v) is 4.11. The molecule has 8 heteroatoms. The molecule has 0 aliphatic carbocycles. The molecule has 1 aromatic rings. The Balaban J connectivity index is 0.00000338. The van der Waals surface area contributed by atoms with E-state index >= 15 is 0 Å². The Labute approximate surface area is 172 Å². The van der Waals surface area contributed by atoms with Gasteiger partial charge in [0.1, 0.15) is 11.5 Å². The number of hydrogen-bond acceptors (Lipinski definition) is 4. The van der Waals surface area contributed by atoms with Gasteiger partial charge in [0.15, 0.2) is 5.96 Å². The largest absolute Gasteiger partial charge is 0.497 e. The van der Waals surface area contributed by atoms with Crippen LogP contribution in [0.3, 0.4) is 0 Å². The van der Waals surface area contributed by atoms with Crippen molar-refractivity contribution in [3.63, 3.8) is 0 Å². The highest BCUT2D eigenvalue weighted by atomic mass is 127. The van der Waals surface area contributed by atoms with Gasteiger partial charge in [-0.25, -0.2) is 4.99 Å². The molecule has 26 heavy (non-hydrogen) atoms. The number of amides is 1. The van der Waals surface area contributed by atoms with Gasteiger partial charge in [0.2, 0.25) is 5.91 Å². The zero-order valence-corrected chi connectivity index (χ0v) is 18.0. The molecule has 1 heterocycles. The van der Waals surface area contributed by atoms with Crippen molar-refractivity contribution in [3.05, 3.63) is 23.8 Å². The highest BCUT2D eigenvalue weighted by molar-refractivity contribution is 14.0. The Morgan fingerprint density at radius 2 is 1.92 bits per heavy atom. The third-order valence-electron chi connectivity index (χ3n) is 4.11. The molecule has 2 rings (SSSR count). The van der Waals surface area contributed by atoms with Gasteiger partial charge in [-0.15, -0.1) is 24.0 Å². The number of nitrogens with zero attached hydrogens (tertiary/aromatic N) is 2. The molecule has 1 aromatic carbocycles. The summed E-state index contributed by atoms with van der Waals surface area (Å²) >= 11 is 0. The Morgan fingerprint density at radius 3 is 2.54 bits per heavy atom. The SMILES string of the molecule is CCNC(=NCc1ccc(OC)cc1OC)NCC(=O)N1CCCC1.I. The molecule has 2 N–H and O–H groups in total. The Morgan fingerprint density at radius 1 is 1.19 bits per heavy atom. The number of guanidine groups is 1. The molecule has 7 nitrogen and oxygen atoms in total. The first-order valence-corrected chi connectivity index (χ1v) is 8.68. The lowest BCUT2D eigenvalue weighted by Gasteiger charge is -2.17. The maximum atomic E-state index is 12.1. The van der Waals surface area contributed by atoms with E-state index in [4.69, 9.17) is 9.47 Å². The summed E-state index contributed by atoms with van der Waals surface area (Å²) in [5, 5.41) is 6.27. The number of carbonyl (C=O) groups excluding carboxylic acids is 1. The molecule has 1 aliphatic heterocycles. The highest BCUT2D eigenvalue weighted by Crippen LogP contribution is 2.25. The van der Waals surface area contributed by atoms with Crippen LogP contribution in [-0.2, 0) is 11.3 Å². The lowest BCUT2D eigenvalue weighted by atomic mass is 10.2. The number of likely N-dealkylation sites (tertiary alicyclic amines) is 1. The smallest absolute Gasteiger partial charge is 0.241 e. The molecule has 1 amide bonds. The average molecular weight is 476 g/mol. The molecule has 0 spiro atoms. The quantitative estimate of drug-likeness (QED) is 0.358. The van der Waals surface area contributed by atoms with Gasteiger partial charge in [0.25, 0.3) is 0 Å². The van der Waals surface area contributed by atoms with E-state index in [1.165, 1.54) is 0 Å². The second-order valence-corrected chi connectivity index (χ2v) is 5.81. The summed E-state index contributed by atoms with van der Waals surface area (Å²) in [6.07, 6.45) is 2.19. The second kappa shape index (κ2) is 11.8. The fourth-order valence-corrected chi connectivity index (χ4v) is 2.73. The molecular formula is C18H29IN4O3. The van der Waals surface area contributed by atoms with Crippen LogP contribution in [0.5, 0.6) is 11.5 Å². The molecule has 0 aromatic heterocycles. The maximum Gasteiger partial charge on any atom is 0.241 e. The van der Waals surface area contributed by atoms with E-state index in [1.54, 1.807) is 14.2 Å². The van der Waals surface area contributed by atoms with Crippen molar-refractivity contribution in [2.24, 2.45) is 4.99 Å². The number of carbonyl (C=O) groups is 1. The number of halogens is 1. The molecule has 0 saturated carbocycles. The van der Waals surface area contributed by atoms with Crippen molar-refractivity contribution in [1.82, 2.24) is 15.5 Å². The lowest BCUT2D eigenvalue weighted by molar-refractivity contribution is -0.128. The monoisotopic (exact) mass is 476 g/mol. The highest BCUT2D eigenvalue weighted by Gasteiger charge is 2.17. The van der Waals surface area contributed by atoms with Gasteiger partial charge in [-0.05, 0) is 31.9 Å². The van der Waals surface area contributed by atoms with Crippen LogP contribution in [-0.4, -0.2) is 57.2 Å². The summed E-state index contributed by atoms with van der Waals surface area (Å²) in [5.41, 5.74) is 0.950. The van der Waals surface area contributed by atoms with E-state index in [0.717, 1.165) is 49.5 Å². The third kappa shape index (κ3) is 6.54. The number of benzene rings is 1. The molecule has 1 fully saturated rings. The van der Waals surface area contributed by atoms with Gasteiger partial charge in [0.05, 0.1) is 27.3 Å². The van der Waals surface area contributed by atoms with Crippen molar-refractivity contribution in [3.8, 4) is 11.5 Å². The topological polar surface area (TPSA) is 75.2 Å². The fourth-order valence-electron chi connectivity index (χ4n) is 2.73. The predicted molar refractivity (Wildman–Crippen MR) is 114 cm³/mol. The lowest BCUT2D eigenvalue weighted by Crippen LogP contribution is -2.44. The summed E-state index contributed by atoms with van der Waals surface area (Å²) in [5.74, 6) is 2.20. The van der Waals surface area contributed by atoms with Gasteiger partial charge >= 0.3 is 0 Å². The fraction of sp³-hybridized carbons (Fsp3) is 0.556. The van der Waals surface area contributed by atoms with Crippen LogP contribution in [0, 0.1) is 0 Å².